The number of piperidine rings is 2. The molecule has 3 aliphatic rings. The summed E-state index contributed by atoms with van der Waals surface area (Å²) >= 11 is 0. The SMILES string of the molecule is CS(=O)(=O)N1CCCC(N2C(=O)NC3(CCN(CCc4ccccc4)CC3)C2=O)C1. The van der Waals surface area contributed by atoms with Crippen LogP contribution in [-0.2, 0) is 21.2 Å². The highest BCUT2D eigenvalue weighted by molar-refractivity contribution is 7.88. The van der Waals surface area contributed by atoms with Crippen molar-refractivity contribution in [1.29, 1.82) is 0 Å². The molecule has 3 amide bonds. The Hall–Kier alpha value is -1.97. The number of imide groups is 1. The molecule has 0 aliphatic carbocycles. The molecule has 1 aromatic carbocycles. The van der Waals surface area contributed by atoms with Crippen LogP contribution in [0.25, 0.3) is 0 Å². The third kappa shape index (κ3) is 4.24. The molecule has 1 atom stereocenters. The number of carbonyl (C=O) groups is 2. The van der Waals surface area contributed by atoms with Crippen LogP contribution in [0.2, 0.25) is 0 Å². The summed E-state index contributed by atoms with van der Waals surface area (Å²) in [5.74, 6) is -0.185. The van der Waals surface area contributed by atoms with E-state index in [2.05, 4.69) is 22.3 Å². The number of hydrogen-bond acceptors (Lipinski definition) is 5. The Morgan fingerprint density at radius 1 is 1.10 bits per heavy atom. The highest BCUT2D eigenvalue weighted by Crippen LogP contribution is 2.32. The van der Waals surface area contributed by atoms with Crippen LogP contribution in [0.4, 0.5) is 4.79 Å². The van der Waals surface area contributed by atoms with Gasteiger partial charge in [0, 0.05) is 32.7 Å². The topological polar surface area (TPSA) is 90.0 Å². The molecule has 4 rings (SSSR count). The lowest BCUT2D eigenvalue weighted by Gasteiger charge is -2.38. The summed E-state index contributed by atoms with van der Waals surface area (Å²) in [6.07, 6.45) is 4.61. The summed E-state index contributed by atoms with van der Waals surface area (Å²) in [5.41, 5.74) is 0.454. The van der Waals surface area contributed by atoms with Crippen LogP contribution in [0.3, 0.4) is 0 Å². The number of urea groups is 1. The molecular formula is C21H30N4O4S. The molecule has 1 aromatic rings. The van der Waals surface area contributed by atoms with Crippen LogP contribution < -0.4 is 5.32 Å². The lowest BCUT2D eigenvalue weighted by Crippen LogP contribution is -2.56. The Morgan fingerprint density at radius 3 is 2.47 bits per heavy atom. The van der Waals surface area contributed by atoms with E-state index in [0.717, 1.165) is 26.1 Å². The molecule has 3 fully saturated rings. The maximum atomic E-state index is 13.3. The van der Waals surface area contributed by atoms with Gasteiger partial charge in [0.2, 0.25) is 10.0 Å². The largest absolute Gasteiger partial charge is 0.325 e. The second-order valence-corrected chi connectivity index (χ2v) is 10.7. The molecule has 3 saturated heterocycles. The first-order valence-electron chi connectivity index (χ1n) is 10.7. The van der Waals surface area contributed by atoms with Crippen molar-refractivity contribution in [3.05, 3.63) is 35.9 Å². The molecule has 0 radical (unpaired) electrons. The first kappa shape index (κ1) is 21.3. The van der Waals surface area contributed by atoms with Crippen LogP contribution >= 0.6 is 0 Å². The van der Waals surface area contributed by atoms with Gasteiger partial charge in [-0.1, -0.05) is 30.3 Å². The van der Waals surface area contributed by atoms with Gasteiger partial charge >= 0.3 is 6.03 Å². The number of rotatable bonds is 5. The molecule has 30 heavy (non-hydrogen) atoms. The number of sulfonamides is 1. The van der Waals surface area contributed by atoms with Crippen molar-refractivity contribution in [3.8, 4) is 0 Å². The lowest BCUT2D eigenvalue weighted by atomic mass is 9.87. The first-order chi connectivity index (χ1) is 14.3. The third-order valence-electron chi connectivity index (χ3n) is 6.66. The minimum atomic E-state index is -3.34. The van der Waals surface area contributed by atoms with E-state index in [0.29, 0.717) is 32.2 Å². The summed E-state index contributed by atoms with van der Waals surface area (Å²) in [6.45, 7) is 3.08. The van der Waals surface area contributed by atoms with E-state index in [9.17, 15) is 18.0 Å². The van der Waals surface area contributed by atoms with Gasteiger partial charge in [0.15, 0.2) is 0 Å². The average molecular weight is 435 g/mol. The predicted molar refractivity (Wildman–Crippen MR) is 113 cm³/mol. The normalized spacial score (nSPS) is 25.6. The third-order valence-corrected chi connectivity index (χ3v) is 7.93. The van der Waals surface area contributed by atoms with Gasteiger partial charge in [-0.05, 0) is 37.7 Å². The summed E-state index contributed by atoms with van der Waals surface area (Å²) in [5, 5.41) is 2.96. The molecule has 164 valence electrons. The fraction of sp³-hybridized carbons (Fsp3) is 0.619. The number of nitrogens with zero attached hydrogens (tertiary/aromatic N) is 3. The Labute approximate surface area is 178 Å². The predicted octanol–water partition coefficient (Wildman–Crippen LogP) is 1.04. The summed E-state index contributed by atoms with van der Waals surface area (Å²) < 4.78 is 25.2. The van der Waals surface area contributed by atoms with E-state index in [-0.39, 0.29) is 18.5 Å². The van der Waals surface area contributed by atoms with E-state index in [1.165, 1.54) is 21.0 Å². The number of benzene rings is 1. The van der Waals surface area contributed by atoms with Crippen LogP contribution in [0, 0.1) is 0 Å². The second-order valence-electron chi connectivity index (χ2n) is 8.68. The van der Waals surface area contributed by atoms with E-state index >= 15 is 0 Å². The number of likely N-dealkylation sites (tertiary alicyclic amines) is 1. The van der Waals surface area contributed by atoms with E-state index in [1.807, 2.05) is 18.2 Å². The highest BCUT2D eigenvalue weighted by Gasteiger charge is 2.54. The van der Waals surface area contributed by atoms with E-state index in [1.54, 1.807) is 0 Å². The second kappa shape index (κ2) is 8.28. The van der Waals surface area contributed by atoms with E-state index < -0.39 is 21.6 Å². The minimum Gasteiger partial charge on any atom is -0.323 e. The zero-order valence-corrected chi connectivity index (χ0v) is 18.2. The zero-order valence-electron chi connectivity index (χ0n) is 17.4. The summed E-state index contributed by atoms with van der Waals surface area (Å²) in [6, 6.07) is 9.56. The number of carbonyl (C=O) groups excluding carboxylic acids is 2. The van der Waals surface area contributed by atoms with Crippen molar-refractivity contribution in [2.24, 2.45) is 0 Å². The van der Waals surface area contributed by atoms with Gasteiger partial charge < -0.3 is 10.2 Å². The van der Waals surface area contributed by atoms with Crippen molar-refractivity contribution < 1.29 is 18.0 Å². The zero-order chi connectivity index (χ0) is 21.4. The van der Waals surface area contributed by atoms with Gasteiger partial charge in [-0.2, -0.15) is 0 Å². The van der Waals surface area contributed by atoms with Crippen molar-refractivity contribution >= 4 is 22.0 Å². The Kier molecular flexibility index (Phi) is 5.87. The van der Waals surface area contributed by atoms with Crippen LogP contribution in [-0.4, -0.2) is 85.0 Å². The van der Waals surface area contributed by atoms with Crippen molar-refractivity contribution in [2.45, 2.75) is 43.7 Å². The van der Waals surface area contributed by atoms with Crippen LogP contribution in [0.1, 0.15) is 31.2 Å². The fourth-order valence-electron chi connectivity index (χ4n) is 4.83. The van der Waals surface area contributed by atoms with Gasteiger partial charge in [-0.15, -0.1) is 0 Å². The lowest BCUT2D eigenvalue weighted by molar-refractivity contribution is -0.135. The number of amides is 3. The molecule has 0 aromatic heterocycles. The molecule has 8 nitrogen and oxygen atoms in total. The number of hydrogen-bond donors (Lipinski definition) is 1. The van der Waals surface area contributed by atoms with Gasteiger partial charge in [0.25, 0.3) is 5.91 Å². The molecule has 9 heteroatoms. The smallest absolute Gasteiger partial charge is 0.323 e. The molecular weight excluding hydrogens is 404 g/mol. The Bertz CT molecular complexity index is 897. The Morgan fingerprint density at radius 2 is 1.80 bits per heavy atom. The molecule has 1 N–H and O–H groups in total. The fourth-order valence-corrected chi connectivity index (χ4v) is 5.74. The quantitative estimate of drug-likeness (QED) is 0.700. The minimum absolute atomic E-state index is 0.185. The van der Waals surface area contributed by atoms with Crippen molar-refractivity contribution in [1.82, 2.24) is 19.4 Å². The molecule has 3 aliphatic heterocycles. The van der Waals surface area contributed by atoms with Crippen molar-refractivity contribution in [2.75, 3.05) is 39.0 Å². The molecule has 3 heterocycles. The molecule has 1 unspecified atom stereocenters. The maximum absolute atomic E-state index is 13.3. The first-order valence-corrected chi connectivity index (χ1v) is 12.5. The Balaban J connectivity index is 1.37. The maximum Gasteiger partial charge on any atom is 0.325 e. The van der Waals surface area contributed by atoms with Crippen LogP contribution in [0.5, 0.6) is 0 Å². The number of nitrogens with one attached hydrogen (secondary N) is 1. The summed E-state index contributed by atoms with van der Waals surface area (Å²) in [7, 11) is -3.34. The summed E-state index contributed by atoms with van der Waals surface area (Å²) in [4.78, 5) is 29.7. The van der Waals surface area contributed by atoms with Gasteiger partial charge in [0.1, 0.15) is 5.54 Å². The molecule has 1 spiro atoms. The molecule has 0 saturated carbocycles. The highest BCUT2D eigenvalue weighted by atomic mass is 32.2. The standard InChI is InChI=1S/C21H30N4O4S/c1-30(28,29)24-12-5-8-18(16-24)25-19(26)21(22-20(25)27)10-14-23(15-11-21)13-9-17-6-3-2-4-7-17/h2-4,6-7,18H,5,8-16H2,1H3,(H,22,27). The monoisotopic (exact) mass is 434 g/mol. The van der Waals surface area contributed by atoms with E-state index in [4.69, 9.17) is 0 Å². The average Bonchev–Trinajstić information content (AvgIpc) is 2.97. The van der Waals surface area contributed by atoms with Gasteiger partial charge in [-0.3, -0.25) is 9.69 Å². The van der Waals surface area contributed by atoms with Crippen molar-refractivity contribution in [3.63, 3.8) is 0 Å². The van der Waals surface area contributed by atoms with Gasteiger partial charge in [0.05, 0.1) is 12.3 Å². The van der Waals surface area contributed by atoms with Gasteiger partial charge in [-0.25, -0.2) is 17.5 Å². The van der Waals surface area contributed by atoms with Crippen LogP contribution in [0.15, 0.2) is 30.3 Å². The molecule has 0 bridgehead atoms.